The molecule has 0 aliphatic carbocycles. The van der Waals surface area contributed by atoms with Crippen LogP contribution in [0.1, 0.15) is 13.8 Å². The van der Waals surface area contributed by atoms with Crippen LogP contribution in [-0.4, -0.2) is 23.6 Å². The average Bonchev–Trinajstić information content (AvgIpc) is 2.39. The summed E-state index contributed by atoms with van der Waals surface area (Å²) in [6.45, 7) is 3.31. The fourth-order valence-corrected chi connectivity index (χ4v) is 2.59. The molecule has 2 rings (SSSR count). The third-order valence-electron chi connectivity index (χ3n) is 2.72. The maximum absolute atomic E-state index is 12.0. The lowest BCUT2D eigenvalue weighted by molar-refractivity contribution is 0.587. The molecule has 1 aromatic heterocycles. The van der Waals surface area contributed by atoms with Gasteiger partial charge in [0.1, 0.15) is 6.20 Å². The van der Waals surface area contributed by atoms with Crippen LogP contribution < -0.4 is 5.73 Å². The molecule has 2 N–H and O–H groups in total. The average molecular weight is 276 g/mol. The van der Waals surface area contributed by atoms with Crippen LogP contribution in [0, 0.1) is 6.20 Å². The van der Waals surface area contributed by atoms with Crippen LogP contribution in [0.3, 0.4) is 0 Å². The lowest BCUT2D eigenvalue weighted by Crippen LogP contribution is -2.13. The lowest BCUT2D eigenvalue weighted by atomic mass is 10.2. The predicted molar refractivity (Wildman–Crippen MR) is 73.0 cm³/mol. The quantitative estimate of drug-likeness (QED) is 0.922. The van der Waals surface area contributed by atoms with E-state index in [1.54, 1.807) is 38.1 Å². The normalized spacial score (nSPS) is 11.7. The third kappa shape index (κ3) is 2.73. The van der Waals surface area contributed by atoms with Crippen LogP contribution in [0.5, 0.6) is 0 Å². The smallest absolute Gasteiger partial charge is 0.180 e. The maximum Gasteiger partial charge on any atom is 0.180 e. The second kappa shape index (κ2) is 4.97. The number of hydrogen-bond acceptors (Lipinski definition) is 5. The van der Waals surface area contributed by atoms with Gasteiger partial charge < -0.3 is 5.73 Å². The van der Waals surface area contributed by atoms with Crippen molar-refractivity contribution in [3.8, 4) is 11.3 Å². The zero-order chi connectivity index (χ0) is 14.0. The summed E-state index contributed by atoms with van der Waals surface area (Å²) < 4.78 is 23.9. The largest absolute Gasteiger partial charge is 0.382 e. The molecule has 2 aromatic rings. The van der Waals surface area contributed by atoms with Crippen LogP contribution in [0.2, 0.25) is 0 Å². The Hall–Kier alpha value is -1.95. The molecule has 0 bridgehead atoms. The van der Waals surface area contributed by atoms with Gasteiger partial charge in [0.05, 0.1) is 22.0 Å². The molecule has 0 aliphatic rings. The Bertz CT molecular complexity index is 662. The molecule has 6 heteroatoms. The Morgan fingerprint density at radius 2 is 1.84 bits per heavy atom. The summed E-state index contributed by atoms with van der Waals surface area (Å²) in [6, 6.07) is 6.54. The van der Waals surface area contributed by atoms with Crippen molar-refractivity contribution in [2.75, 3.05) is 5.73 Å². The number of nitrogen functional groups attached to an aromatic ring is 1. The first-order valence-corrected chi connectivity index (χ1v) is 7.30. The highest BCUT2D eigenvalue weighted by atomic mass is 32.2. The van der Waals surface area contributed by atoms with Gasteiger partial charge in [0.2, 0.25) is 0 Å². The Balaban J connectivity index is 2.36. The molecule has 0 unspecified atom stereocenters. The van der Waals surface area contributed by atoms with E-state index < -0.39 is 15.1 Å². The molecule has 5 nitrogen and oxygen atoms in total. The number of anilines is 1. The standard InChI is InChI=1S/C13H14N3O2S/c1-9(2)19(17,18)11-5-3-10(4-6-11)12-7-16-13(14)8-15-12/h3-7,9H,1-2H3,(H2,14,16). The first-order valence-electron chi connectivity index (χ1n) is 5.76. The number of aromatic nitrogens is 2. The van der Waals surface area contributed by atoms with Crippen LogP contribution >= 0.6 is 0 Å². The molecule has 0 saturated carbocycles. The SMILES string of the molecule is CC(C)S(=O)(=O)c1ccc(-c2cnc(N)[c]n2)cc1. The van der Waals surface area contributed by atoms with E-state index in [9.17, 15) is 8.42 Å². The van der Waals surface area contributed by atoms with Crippen molar-refractivity contribution in [3.05, 3.63) is 36.7 Å². The molecule has 99 valence electrons. The van der Waals surface area contributed by atoms with Crippen molar-refractivity contribution < 1.29 is 8.42 Å². The van der Waals surface area contributed by atoms with Crippen molar-refractivity contribution in [1.82, 2.24) is 9.97 Å². The summed E-state index contributed by atoms with van der Waals surface area (Å²) in [6.07, 6.45) is 4.09. The van der Waals surface area contributed by atoms with E-state index >= 15 is 0 Å². The van der Waals surface area contributed by atoms with E-state index in [1.165, 1.54) is 6.20 Å². The summed E-state index contributed by atoms with van der Waals surface area (Å²) in [5, 5.41) is -0.442. The highest BCUT2D eigenvalue weighted by molar-refractivity contribution is 7.92. The molecule has 0 aliphatic heterocycles. The minimum atomic E-state index is -3.25. The number of benzene rings is 1. The van der Waals surface area contributed by atoms with Crippen LogP contribution in [-0.2, 0) is 9.84 Å². The second-order valence-corrected chi connectivity index (χ2v) is 6.87. The first kappa shape index (κ1) is 13.5. The highest BCUT2D eigenvalue weighted by Crippen LogP contribution is 2.21. The van der Waals surface area contributed by atoms with Gasteiger partial charge in [-0.05, 0) is 26.0 Å². The van der Waals surface area contributed by atoms with E-state index in [-0.39, 0.29) is 5.82 Å². The Morgan fingerprint density at radius 1 is 1.21 bits per heavy atom. The van der Waals surface area contributed by atoms with Crippen molar-refractivity contribution in [1.29, 1.82) is 0 Å². The Morgan fingerprint density at radius 3 is 2.32 bits per heavy atom. The van der Waals surface area contributed by atoms with Gasteiger partial charge in [-0.3, -0.25) is 0 Å². The Kier molecular flexibility index (Phi) is 3.53. The zero-order valence-electron chi connectivity index (χ0n) is 10.7. The monoisotopic (exact) mass is 276 g/mol. The molecule has 0 fully saturated rings. The van der Waals surface area contributed by atoms with Crippen molar-refractivity contribution >= 4 is 15.7 Å². The van der Waals surface area contributed by atoms with Gasteiger partial charge in [-0.1, -0.05) is 12.1 Å². The minimum absolute atomic E-state index is 0.225. The van der Waals surface area contributed by atoms with Crippen LogP contribution in [0.4, 0.5) is 5.82 Å². The van der Waals surface area contributed by atoms with E-state index in [0.29, 0.717) is 10.6 Å². The van der Waals surface area contributed by atoms with Gasteiger partial charge in [-0.25, -0.2) is 18.4 Å². The van der Waals surface area contributed by atoms with Gasteiger partial charge in [0.15, 0.2) is 15.7 Å². The van der Waals surface area contributed by atoms with Crippen molar-refractivity contribution in [2.45, 2.75) is 24.0 Å². The summed E-state index contributed by atoms with van der Waals surface area (Å²) >= 11 is 0. The second-order valence-electron chi connectivity index (χ2n) is 4.37. The molecule has 1 aromatic carbocycles. The number of hydrogen-bond donors (Lipinski definition) is 1. The minimum Gasteiger partial charge on any atom is -0.382 e. The van der Waals surface area contributed by atoms with E-state index in [4.69, 9.17) is 5.73 Å². The summed E-state index contributed by atoms with van der Waals surface area (Å²) in [4.78, 5) is 8.21. The molecular formula is C13H14N3O2S. The summed E-state index contributed by atoms with van der Waals surface area (Å²) in [7, 11) is -3.25. The maximum atomic E-state index is 12.0. The van der Waals surface area contributed by atoms with Gasteiger partial charge in [-0.2, -0.15) is 0 Å². The van der Waals surface area contributed by atoms with Crippen molar-refractivity contribution in [3.63, 3.8) is 0 Å². The fourth-order valence-electron chi connectivity index (χ4n) is 1.53. The number of nitrogens with zero attached hydrogens (tertiary/aromatic N) is 2. The Labute approximate surface area is 112 Å². The number of nitrogens with two attached hydrogens (primary N) is 1. The highest BCUT2D eigenvalue weighted by Gasteiger charge is 2.18. The third-order valence-corrected chi connectivity index (χ3v) is 4.89. The van der Waals surface area contributed by atoms with E-state index in [2.05, 4.69) is 16.2 Å². The molecule has 0 saturated heterocycles. The van der Waals surface area contributed by atoms with Crippen LogP contribution in [0.15, 0.2) is 35.4 Å². The van der Waals surface area contributed by atoms with E-state index in [0.717, 1.165) is 5.56 Å². The molecule has 0 amide bonds. The lowest BCUT2D eigenvalue weighted by Gasteiger charge is -2.08. The van der Waals surface area contributed by atoms with Gasteiger partial charge in [-0.15, -0.1) is 0 Å². The molecule has 1 heterocycles. The molecule has 1 radical (unpaired) electrons. The summed E-state index contributed by atoms with van der Waals surface area (Å²) in [5.74, 6) is 0.225. The zero-order valence-corrected chi connectivity index (χ0v) is 11.5. The molecule has 0 atom stereocenters. The molecule has 19 heavy (non-hydrogen) atoms. The van der Waals surface area contributed by atoms with Gasteiger partial charge in [0, 0.05) is 5.56 Å². The number of rotatable bonds is 3. The van der Waals surface area contributed by atoms with E-state index in [1.807, 2.05) is 0 Å². The molecule has 0 spiro atoms. The fraction of sp³-hybridized carbons (Fsp3) is 0.231. The predicted octanol–water partition coefficient (Wildman–Crippen LogP) is 1.71. The topological polar surface area (TPSA) is 85.9 Å². The first-order chi connectivity index (χ1) is 8.91. The van der Waals surface area contributed by atoms with Gasteiger partial charge in [0.25, 0.3) is 0 Å². The van der Waals surface area contributed by atoms with Crippen molar-refractivity contribution in [2.24, 2.45) is 0 Å². The molecular weight excluding hydrogens is 262 g/mol. The van der Waals surface area contributed by atoms with Crippen LogP contribution in [0.25, 0.3) is 11.3 Å². The summed E-state index contributed by atoms with van der Waals surface area (Å²) in [5.41, 5.74) is 6.78. The number of sulfone groups is 1. The van der Waals surface area contributed by atoms with Gasteiger partial charge >= 0.3 is 0 Å².